The van der Waals surface area contributed by atoms with Crippen molar-refractivity contribution in [2.45, 2.75) is 13.5 Å². The molecule has 0 unspecified atom stereocenters. The monoisotopic (exact) mass is 353 g/mol. The normalized spacial score (nSPS) is 16.3. The fourth-order valence-corrected chi connectivity index (χ4v) is 2.95. The molecule has 0 spiro atoms. The van der Waals surface area contributed by atoms with Gasteiger partial charge in [0.15, 0.2) is 5.96 Å². The van der Waals surface area contributed by atoms with Crippen molar-refractivity contribution in [1.29, 1.82) is 0 Å². The molecule has 3 rings (SSSR count). The molecule has 0 radical (unpaired) electrons. The summed E-state index contributed by atoms with van der Waals surface area (Å²) in [5.74, 6) is 0.954. The lowest BCUT2D eigenvalue weighted by Gasteiger charge is -2.36. The summed E-state index contributed by atoms with van der Waals surface area (Å²) in [6, 6.07) is 12.3. The lowest BCUT2D eigenvalue weighted by molar-refractivity contribution is 0.194. The molecule has 0 aliphatic carbocycles. The number of aliphatic imine (C=N–C) groups is 1. The number of hydrogen-bond acceptors (Lipinski definition) is 4. The van der Waals surface area contributed by atoms with E-state index in [0.29, 0.717) is 6.54 Å². The van der Waals surface area contributed by atoms with Crippen LogP contribution in [-0.4, -0.2) is 60.2 Å². The van der Waals surface area contributed by atoms with Gasteiger partial charge in [0.1, 0.15) is 12.0 Å². The third-order valence-electron chi connectivity index (χ3n) is 4.36. The first-order valence-electron chi connectivity index (χ1n) is 9.21. The van der Waals surface area contributed by atoms with Crippen molar-refractivity contribution in [3.63, 3.8) is 0 Å². The molecule has 1 aliphatic rings. The van der Waals surface area contributed by atoms with Crippen molar-refractivity contribution in [1.82, 2.24) is 20.3 Å². The zero-order valence-electron chi connectivity index (χ0n) is 15.3. The number of nitrogens with one attached hydrogen (secondary N) is 1. The standard InChI is InChI=1S/C20H27N5O/c1-2-21-20(22-17-19-10-16-26-23-19)25-14-12-24(13-15-25)11-6-9-18-7-4-3-5-8-18/h3-10,16H,2,11-15,17H2,1H3,(H,21,22)/b9-6+. The van der Waals surface area contributed by atoms with Crippen molar-refractivity contribution in [3.8, 4) is 0 Å². The van der Waals surface area contributed by atoms with Gasteiger partial charge in [-0.3, -0.25) is 4.90 Å². The van der Waals surface area contributed by atoms with E-state index in [2.05, 4.69) is 68.6 Å². The van der Waals surface area contributed by atoms with Crippen LogP contribution in [0.5, 0.6) is 0 Å². The molecule has 6 nitrogen and oxygen atoms in total. The molecule has 1 aromatic carbocycles. The van der Waals surface area contributed by atoms with Gasteiger partial charge in [-0.2, -0.15) is 0 Å². The minimum atomic E-state index is 0.541. The molecule has 0 atom stereocenters. The Morgan fingerprint density at radius 2 is 2.00 bits per heavy atom. The predicted octanol–water partition coefficient (Wildman–Crippen LogP) is 2.47. The van der Waals surface area contributed by atoms with Gasteiger partial charge in [0.05, 0.1) is 6.54 Å². The maximum absolute atomic E-state index is 4.87. The fourth-order valence-electron chi connectivity index (χ4n) is 2.95. The second-order valence-electron chi connectivity index (χ2n) is 6.26. The molecule has 26 heavy (non-hydrogen) atoms. The molecule has 0 saturated carbocycles. The first kappa shape index (κ1) is 18.2. The smallest absolute Gasteiger partial charge is 0.194 e. The summed E-state index contributed by atoms with van der Waals surface area (Å²) in [6.07, 6.45) is 6.02. The lowest BCUT2D eigenvalue weighted by Crippen LogP contribution is -2.52. The van der Waals surface area contributed by atoms with Gasteiger partial charge in [0, 0.05) is 45.3 Å². The molecule has 138 valence electrons. The van der Waals surface area contributed by atoms with Crippen molar-refractivity contribution in [3.05, 3.63) is 60.0 Å². The highest BCUT2D eigenvalue weighted by Gasteiger charge is 2.18. The molecule has 1 aliphatic heterocycles. The zero-order valence-corrected chi connectivity index (χ0v) is 15.3. The summed E-state index contributed by atoms with van der Waals surface area (Å²) in [7, 11) is 0. The van der Waals surface area contributed by atoms with Crippen LogP contribution < -0.4 is 5.32 Å². The summed E-state index contributed by atoms with van der Waals surface area (Å²) < 4.78 is 4.87. The van der Waals surface area contributed by atoms with Crippen LogP contribution in [0.15, 0.2) is 58.3 Å². The highest BCUT2D eigenvalue weighted by atomic mass is 16.5. The van der Waals surface area contributed by atoms with E-state index < -0.39 is 0 Å². The van der Waals surface area contributed by atoms with Gasteiger partial charge in [0.2, 0.25) is 0 Å². The Balaban J connectivity index is 1.48. The van der Waals surface area contributed by atoms with Crippen LogP contribution in [-0.2, 0) is 6.54 Å². The van der Waals surface area contributed by atoms with E-state index in [1.807, 2.05) is 12.1 Å². The van der Waals surface area contributed by atoms with Crippen molar-refractivity contribution < 1.29 is 4.52 Å². The maximum Gasteiger partial charge on any atom is 0.194 e. The first-order valence-corrected chi connectivity index (χ1v) is 9.21. The Labute approximate surface area is 155 Å². The number of guanidine groups is 1. The fraction of sp³-hybridized carbons (Fsp3) is 0.400. The van der Waals surface area contributed by atoms with Gasteiger partial charge in [-0.1, -0.05) is 47.6 Å². The zero-order chi connectivity index (χ0) is 18.0. The number of piperazine rings is 1. The van der Waals surface area contributed by atoms with Crippen LogP contribution in [0.4, 0.5) is 0 Å². The van der Waals surface area contributed by atoms with Crippen molar-refractivity contribution >= 4 is 12.0 Å². The first-order chi connectivity index (χ1) is 12.8. The SMILES string of the molecule is CCNC(=NCc1ccon1)N1CCN(C/C=C/c2ccccc2)CC1. The quantitative estimate of drug-likeness (QED) is 0.639. The molecular formula is C20H27N5O. The van der Waals surface area contributed by atoms with E-state index in [-0.39, 0.29) is 0 Å². The van der Waals surface area contributed by atoms with Crippen molar-refractivity contribution in [2.75, 3.05) is 39.3 Å². The van der Waals surface area contributed by atoms with Gasteiger partial charge in [-0.15, -0.1) is 0 Å². The Morgan fingerprint density at radius 1 is 1.19 bits per heavy atom. The molecule has 1 aromatic heterocycles. The highest BCUT2D eigenvalue weighted by molar-refractivity contribution is 5.80. The minimum Gasteiger partial charge on any atom is -0.364 e. The van der Waals surface area contributed by atoms with Gasteiger partial charge < -0.3 is 14.7 Å². The van der Waals surface area contributed by atoms with E-state index in [9.17, 15) is 0 Å². The van der Waals surface area contributed by atoms with E-state index >= 15 is 0 Å². The Hall–Kier alpha value is -2.60. The molecule has 1 N–H and O–H groups in total. The third-order valence-corrected chi connectivity index (χ3v) is 4.36. The van der Waals surface area contributed by atoms with E-state index in [1.165, 1.54) is 5.56 Å². The molecule has 1 fully saturated rings. The Kier molecular flexibility index (Phi) is 6.84. The summed E-state index contributed by atoms with van der Waals surface area (Å²) in [5, 5.41) is 7.30. The second kappa shape index (κ2) is 9.77. The number of nitrogens with zero attached hydrogens (tertiary/aromatic N) is 4. The average molecular weight is 353 g/mol. The molecule has 6 heteroatoms. The number of hydrogen-bond donors (Lipinski definition) is 1. The predicted molar refractivity (Wildman–Crippen MR) is 105 cm³/mol. The largest absolute Gasteiger partial charge is 0.364 e. The van der Waals surface area contributed by atoms with Crippen LogP contribution in [0.25, 0.3) is 6.08 Å². The summed E-state index contributed by atoms with van der Waals surface area (Å²) in [5.41, 5.74) is 2.10. The third kappa shape index (κ3) is 5.46. The van der Waals surface area contributed by atoms with Crippen LogP contribution in [0.3, 0.4) is 0 Å². The van der Waals surface area contributed by atoms with E-state index in [1.54, 1.807) is 6.26 Å². The minimum absolute atomic E-state index is 0.541. The van der Waals surface area contributed by atoms with Crippen molar-refractivity contribution in [2.24, 2.45) is 4.99 Å². The summed E-state index contributed by atoms with van der Waals surface area (Å²) in [6.45, 7) is 8.50. The van der Waals surface area contributed by atoms with E-state index in [4.69, 9.17) is 4.52 Å². The molecule has 2 aromatic rings. The average Bonchev–Trinajstić information content (AvgIpc) is 3.20. The van der Waals surface area contributed by atoms with Gasteiger partial charge in [-0.25, -0.2) is 4.99 Å². The molecule has 1 saturated heterocycles. The van der Waals surface area contributed by atoms with Gasteiger partial charge in [-0.05, 0) is 12.5 Å². The Morgan fingerprint density at radius 3 is 2.69 bits per heavy atom. The molecular weight excluding hydrogens is 326 g/mol. The highest BCUT2D eigenvalue weighted by Crippen LogP contribution is 2.06. The van der Waals surface area contributed by atoms with Crippen LogP contribution in [0.1, 0.15) is 18.2 Å². The molecule has 0 amide bonds. The Bertz CT molecular complexity index is 688. The second-order valence-corrected chi connectivity index (χ2v) is 6.26. The number of rotatable bonds is 6. The lowest BCUT2D eigenvalue weighted by atomic mass is 10.2. The van der Waals surface area contributed by atoms with Crippen LogP contribution >= 0.6 is 0 Å². The van der Waals surface area contributed by atoms with Gasteiger partial charge >= 0.3 is 0 Å². The van der Waals surface area contributed by atoms with E-state index in [0.717, 1.165) is 50.9 Å². The summed E-state index contributed by atoms with van der Waals surface area (Å²) in [4.78, 5) is 9.47. The summed E-state index contributed by atoms with van der Waals surface area (Å²) >= 11 is 0. The number of aromatic nitrogens is 1. The molecule has 2 heterocycles. The number of benzene rings is 1. The van der Waals surface area contributed by atoms with Crippen LogP contribution in [0, 0.1) is 0 Å². The topological polar surface area (TPSA) is 56.9 Å². The van der Waals surface area contributed by atoms with Gasteiger partial charge in [0.25, 0.3) is 0 Å². The maximum atomic E-state index is 4.87. The molecule has 0 bridgehead atoms. The van der Waals surface area contributed by atoms with Crippen LogP contribution in [0.2, 0.25) is 0 Å².